The molecule has 1 aromatic carbocycles. The van der Waals surface area contributed by atoms with Crippen LogP contribution in [0.25, 0.3) is 0 Å². The SMILES string of the molecule is CCCCOC(=O)COc1cccc(Cl)c1CN. The summed E-state index contributed by atoms with van der Waals surface area (Å²) in [5.74, 6) is 0.142. The summed E-state index contributed by atoms with van der Waals surface area (Å²) in [4.78, 5) is 11.4. The van der Waals surface area contributed by atoms with Gasteiger partial charge in [0.25, 0.3) is 0 Å². The minimum absolute atomic E-state index is 0.128. The molecule has 0 bridgehead atoms. The number of unbranched alkanes of at least 4 members (excludes halogenated alkanes) is 1. The van der Waals surface area contributed by atoms with Crippen molar-refractivity contribution in [3.8, 4) is 5.75 Å². The number of hydrogen-bond donors (Lipinski definition) is 1. The summed E-state index contributed by atoms with van der Waals surface area (Å²) in [7, 11) is 0. The Morgan fingerprint density at radius 3 is 2.89 bits per heavy atom. The minimum atomic E-state index is -0.383. The first-order chi connectivity index (χ1) is 8.69. The number of rotatable bonds is 7. The second-order valence-electron chi connectivity index (χ2n) is 3.78. The van der Waals surface area contributed by atoms with E-state index >= 15 is 0 Å². The summed E-state index contributed by atoms with van der Waals surface area (Å²) >= 11 is 5.97. The molecule has 2 N–H and O–H groups in total. The van der Waals surface area contributed by atoms with E-state index in [0.717, 1.165) is 12.8 Å². The van der Waals surface area contributed by atoms with Gasteiger partial charge in [0, 0.05) is 17.1 Å². The third kappa shape index (κ3) is 4.55. The molecule has 0 saturated heterocycles. The molecule has 4 nitrogen and oxygen atoms in total. The summed E-state index contributed by atoms with van der Waals surface area (Å²) in [6.07, 6.45) is 1.84. The van der Waals surface area contributed by atoms with Gasteiger partial charge in [0.2, 0.25) is 0 Å². The van der Waals surface area contributed by atoms with Gasteiger partial charge in [0.1, 0.15) is 5.75 Å². The van der Waals surface area contributed by atoms with Crippen molar-refractivity contribution in [3.05, 3.63) is 28.8 Å². The van der Waals surface area contributed by atoms with E-state index in [1.54, 1.807) is 18.2 Å². The maximum atomic E-state index is 11.4. The minimum Gasteiger partial charge on any atom is -0.482 e. The van der Waals surface area contributed by atoms with Crippen LogP contribution in [0.5, 0.6) is 5.75 Å². The lowest BCUT2D eigenvalue weighted by Gasteiger charge is -2.11. The van der Waals surface area contributed by atoms with E-state index in [9.17, 15) is 4.79 Å². The molecule has 0 aliphatic rings. The summed E-state index contributed by atoms with van der Waals surface area (Å²) in [6, 6.07) is 5.21. The van der Waals surface area contributed by atoms with E-state index in [0.29, 0.717) is 22.9 Å². The van der Waals surface area contributed by atoms with Crippen LogP contribution < -0.4 is 10.5 Å². The number of carbonyl (C=O) groups is 1. The fourth-order valence-corrected chi connectivity index (χ4v) is 1.62. The van der Waals surface area contributed by atoms with Crippen LogP contribution in [0.4, 0.5) is 0 Å². The molecule has 0 spiro atoms. The standard InChI is InChI=1S/C13H18ClNO3/c1-2-3-7-17-13(16)9-18-12-6-4-5-11(14)10(12)8-15/h4-6H,2-3,7-9,15H2,1H3. The van der Waals surface area contributed by atoms with Crippen LogP contribution in [0, 0.1) is 0 Å². The Hall–Kier alpha value is -1.26. The van der Waals surface area contributed by atoms with Crippen LogP contribution in [-0.4, -0.2) is 19.2 Å². The van der Waals surface area contributed by atoms with E-state index < -0.39 is 0 Å². The predicted molar refractivity (Wildman–Crippen MR) is 70.7 cm³/mol. The highest BCUT2D eigenvalue weighted by atomic mass is 35.5. The lowest BCUT2D eigenvalue weighted by atomic mass is 10.2. The van der Waals surface area contributed by atoms with E-state index in [1.165, 1.54) is 0 Å². The molecule has 0 fully saturated rings. The zero-order valence-electron chi connectivity index (χ0n) is 10.4. The molecule has 0 atom stereocenters. The molecular weight excluding hydrogens is 254 g/mol. The normalized spacial score (nSPS) is 10.2. The number of esters is 1. The molecule has 100 valence electrons. The van der Waals surface area contributed by atoms with Crippen molar-refractivity contribution in [3.63, 3.8) is 0 Å². The quantitative estimate of drug-likeness (QED) is 0.611. The first-order valence-corrected chi connectivity index (χ1v) is 6.32. The summed E-state index contributed by atoms with van der Waals surface area (Å²) in [5.41, 5.74) is 6.27. The zero-order valence-corrected chi connectivity index (χ0v) is 11.2. The maximum absolute atomic E-state index is 11.4. The van der Waals surface area contributed by atoms with Crippen LogP contribution in [0.1, 0.15) is 25.3 Å². The second-order valence-corrected chi connectivity index (χ2v) is 4.19. The molecule has 0 aromatic heterocycles. The van der Waals surface area contributed by atoms with Gasteiger partial charge in [-0.15, -0.1) is 0 Å². The van der Waals surface area contributed by atoms with Gasteiger partial charge in [-0.2, -0.15) is 0 Å². The fraction of sp³-hybridized carbons (Fsp3) is 0.462. The van der Waals surface area contributed by atoms with Crippen molar-refractivity contribution in [1.82, 2.24) is 0 Å². The van der Waals surface area contributed by atoms with Crippen molar-refractivity contribution in [2.24, 2.45) is 5.73 Å². The maximum Gasteiger partial charge on any atom is 0.344 e. The largest absolute Gasteiger partial charge is 0.482 e. The highest BCUT2D eigenvalue weighted by Gasteiger charge is 2.09. The van der Waals surface area contributed by atoms with Crippen molar-refractivity contribution >= 4 is 17.6 Å². The molecule has 18 heavy (non-hydrogen) atoms. The molecule has 0 saturated carbocycles. The van der Waals surface area contributed by atoms with Crippen LogP contribution >= 0.6 is 11.6 Å². The van der Waals surface area contributed by atoms with Crippen LogP contribution in [-0.2, 0) is 16.1 Å². The lowest BCUT2D eigenvalue weighted by Crippen LogP contribution is -2.16. The van der Waals surface area contributed by atoms with Crippen molar-refractivity contribution in [2.45, 2.75) is 26.3 Å². The van der Waals surface area contributed by atoms with E-state index in [-0.39, 0.29) is 19.1 Å². The number of ether oxygens (including phenoxy) is 2. The van der Waals surface area contributed by atoms with Crippen LogP contribution in [0.15, 0.2) is 18.2 Å². The number of halogens is 1. The van der Waals surface area contributed by atoms with Gasteiger partial charge in [0.15, 0.2) is 6.61 Å². The summed E-state index contributed by atoms with van der Waals surface area (Å²) in [6.45, 7) is 2.60. The van der Waals surface area contributed by atoms with E-state index in [2.05, 4.69) is 0 Å². The Balaban J connectivity index is 2.48. The Morgan fingerprint density at radius 2 is 2.22 bits per heavy atom. The molecule has 0 aliphatic carbocycles. The Kier molecular flexibility index (Phi) is 6.54. The van der Waals surface area contributed by atoms with E-state index in [4.69, 9.17) is 26.8 Å². The molecule has 1 rings (SSSR count). The first kappa shape index (κ1) is 14.8. The van der Waals surface area contributed by atoms with Gasteiger partial charge >= 0.3 is 5.97 Å². The Labute approximate surface area is 112 Å². The highest BCUT2D eigenvalue weighted by Crippen LogP contribution is 2.25. The molecule has 0 heterocycles. The van der Waals surface area contributed by atoms with Gasteiger partial charge in [-0.3, -0.25) is 0 Å². The molecule has 0 amide bonds. The Bertz CT molecular complexity index is 396. The zero-order chi connectivity index (χ0) is 13.4. The average Bonchev–Trinajstić information content (AvgIpc) is 2.36. The van der Waals surface area contributed by atoms with Gasteiger partial charge in [-0.05, 0) is 18.6 Å². The van der Waals surface area contributed by atoms with Gasteiger partial charge in [-0.25, -0.2) is 4.79 Å². The summed E-state index contributed by atoms with van der Waals surface area (Å²) in [5, 5.41) is 0.536. The lowest BCUT2D eigenvalue weighted by molar-refractivity contribution is -0.146. The molecule has 0 radical (unpaired) electrons. The van der Waals surface area contributed by atoms with E-state index in [1.807, 2.05) is 6.92 Å². The van der Waals surface area contributed by atoms with Crippen molar-refractivity contribution < 1.29 is 14.3 Å². The number of nitrogens with two attached hydrogens (primary N) is 1. The topological polar surface area (TPSA) is 61.5 Å². The van der Waals surface area contributed by atoms with Crippen LogP contribution in [0.3, 0.4) is 0 Å². The summed E-state index contributed by atoms with van der Waals surface area (Å²) < 4.78 is 10.3. The highest BCUT2D eigenvalue weighted by molar-refractivity contribution is 6.31. The molecular formula is C13H18ClNO3. The third-order valence-electron chi connectivity index (χ3n) is 2.39. The second kappa shape index (κ2) is 7.95. The number of hydrogen-bond acceptors (Lipinski definition) is 4. The number of carbonyl (C=O) groups excluding carboxylic acids is 1. The Morgan fingerprint density at radius 1 is 1.44 bits per heavy atom. The fourth-order valence-electron chi connectivity index (χ4n) is 1.38. The third-order valence-corrected chi connectivity index (χ3v) is 2.74. The molecule has 0 unspecified atom stereocenters. The average molecular weight is 272 g/mol. The molecule has 5 heteroatoms. The molecule has 1 aromatic rings. The smallest absolute Gasteiger partial charge is 0.344 e. The van der Waals surface area contributed by atoms with Gasteiger partial charge in [-0.1, -0.05) is 31.0 Å². The predicted octanol–water partition coefficient (Wildman–Crippen LogP) is 2.52. The number of benzene rings is 1. The van der Waals surface area contributed by atoms with Crippen molar-refractivity contribution in [2.75, 3.05) is 13.2 Å². The van der Waals surface area contributed by atoms with Crippen LogP contribution in [0.2, 0.25) is 5.02 Å². The monoisotopic (exact) mass is 271 g/mol. The first-order valence-electron chi connectivity index (χ1n) is 5.95. The van der Waals surface area contributed by atoms with Gasteiger partial charge in [0.05, 0.1) is 6.61 Å². The van der Waals surface area contributed by atoms with Gasteiger partial charge < -0.3 is 15.2 Å². The van der Waals surface area contributed by atoms with Crippen molar-refractivity contribution in [1.29, 1.82) is 0 Å². The molecule has 0 aliphatic heterocycles.